The molecule has 0 radical (unpaired) electrons. The smallest absolute Gasteiger partial charge is 0.187 e. The average Bonchev–Trinajstić information content (AvgIpc) is 2.28. The van der Waals surface area contributed by atoms with Crippen LogP contribution in [-0.4, -0.2) is 23.9 Å². The van der Waals surface area contributed by atoms with E-state index >= 15 is 0 Å². The second-order valence-corrected chi connectivity index (χ2v) is 4.42. The van der Waals surface area contributed by atoms with Crippen LogP contribution in [-0.2, 0) is 9.59 Å². The molecule has 0 saturated carbocycles. The minimum absolute atomic E-state index is 0.290. The van der Waals surface area contributed by atoms with Crippen LogP contribution in [0.4, 0.5) is 5.69 Å². The van der Waals surface area contributed by atoms with Gasteiger partial charge in [0, 0.05) is 4.90 Å². The summed E-state index contributed by atoms with van der Waals surface area (Å²) in [5.74, 6) is -0.579. The van der Waals surface area contributed by atoms with E-state index in [1.165, 1.54) is 13.8 Å². The zero-order valence-electron chi connectivity index (χ0n) is 10.0. The van der Waals surface area contributed by atoms with E-state index in [0.717, 1.165) is 4.90 Å². The van der Waals surface area contributed by atoms with Gasteiger partial charge in [-0.25, -0.2) is 0 Å². The number of rotatable bonds is 5. The molecule has 1 rings (SSSR count). The van der Waals surface area contributed by atoms with Gasteiger partial charge in [-0.2, -0.15) is 10.2 Å². The highest BCUT2D eigenvalue weighted by Crippen LogP contribution is 2.21. The molecule has 17 heavy (non-hydrogen) atoms. The Morgan fingerprint density at radius 1 is 1.24 bits per heavy atom. The number of azo groups is 1. The molecule has 0 N–H and O–H groups in total. The summed E-state index contributed by atoms with van der Waals surface area (Å²) in [6, 6.07) is 6.47. The summed E-state index contributed by atoms with van der Waals surface area (Å²) in [7, 11) is 0. The molecule has 1 aromatic rings. The number of benzene rings is 1. The molecule has 0 atom stereocenters. The monoisotopic (exact) mass is 250 g/mol. The van der Waals surface area contributed by atoms with Crippen LogP contribution < -0.4 is 0 Å². The summed E-state index contributed by atoms with van der Waals surface area (Å²) in [6.45, 7) is 2.67. The van der Waals surface area contributed by atoms with Gasteiger partial charge in [0.15, 0.2) is 17.6 Å². The van der Waals surface area contributed by atoms with Crippen molar-refractivity contribution in [2.75, 3.05) is 6.26 Å². The first-order valence-electron chi connectivity index (χ1n) is 5.10. The van der Waals surface area contributed by atoms with Crippen LogP contribution in [0.2, 0.25) is 0 Å². The number of hydrogen-bond acceptors (Lipinski definition) is 5. The Bertz CT molecular complexity index is 444. The topological polar surface area (TPSA) is 58.9 Å². The minimum Gasteiger partial charge on any atom is -0.297 e. The molecule has 0 saturated heterocycles. The first-order valence-corrected chi connectivity index (χ1v) is 6.33. The third-order valence-corrected chi connectivity index (χ3v) is 2.84. The van der Waals surface area contributed by atoms with Crippen molar-refractivity contribution in [1.29, 1.82) is 0 Å². The summed E-state index contributed by atoms with van der Waals surface area (Å²) in [6.07, 6.45) is 1.96. The fourth-order valence-electron chi connectivity index (χ4n) is 1.25. The van der Waals surface area contributed by atoms with Gasteiger partial charge in [0.05, 0.1) is 5.69 Å². The Balaban J connectivity index is 2.88. The Morgan fingerprint density at radius 3 is 2.41 bits per heavy atom. The third-order valence-electron chi connectivity index (χ3n) is 2.11. The first-order chi connectivity index (χ1) is 8.04. The van der Waals surface area contributed by atoms with Crippen molar-refractivity contribution in [3.63, 3.8) is 0 Å². The van der Waals surface area contributed by atoms with Crippen LogP contribution in [0.5, 0.6) is 0 Å². The number of ketones is 2. The maximum absolute atomic E-state index is 11.2. The predicted octanol–water partition coefficient (Wildman–Crippen LogP) is 3.04. The number of nitrogens with zero attached hydrogens (tertiary/aromatic N) is 2. The third kappa shape index (κ3) is 4.11. The van der Waals surface area contributed by atoms with Gasteiger partial charge in [-0.1, -0.05) is 6.07 Å². The molecule has 0 amide bonds. The van der Waals surface area contributed by atoms with Gasteiger partial charge in [-0.15, -0.1) is 11.8 Å². The van der Waals surface area contributed by atoms with Crippen molar-refractivity contribution in [2.45, 2.75) is 24.8 Å². The second kappa shape index (κ2) is 6.30. The Labute approximate surface area is 105 Å². The summed E-state index contributed by atoms with van der Waals surface area (Å²) >= 11 is 1.59. The van der Waals surface area contributed by atoms with E-state index in [1.807, 2.05) is 24.5 Å². The normalized spacial score (nSPS) is 11.1. The van der Waals surface area contributed by atoms with E-state index in [1.54, 1.807) is 17.8 Å². The Kier molecular flexibility index (Phi) is 5.03. The molecule has 0 aromatic heterocycles. The van der Waals surface area contributed by atoms with E-state index in [0.29, 0.717) is 5.69 Å². The van der Waals surface area contributed by atoms with Gasteiger partial charge in [0.25, 0.3) is 0 Å². The number of Topliss-reactive ketones (excluding diaryl/α,β-unsaturated/α-hetero) is 2. The summed E-state index contributed by atoms with van der Waals surface area (Å²) in [5.41, 5.74) is 0.643. The molecule has 5 heteroatoms. The zero-order valence-corrected chi connectivity index (χ0v) is 10.8. The molecule has 0 spiro atoms. The molecule has 0 aliphatic heterocycles. The SMILES string of the molecule is CSc1cccc(N=NC(C(C)=O)C(C)=O)c1. The largest absolute Gasteiger partial charge is 0.297 e. The van der Waals surface area contributed by atoms with Crippen molar-refractivity contribution in [1.82, 2.24) is 0 Å². The zero-order chi connectivity index (χ0) is 12.8. The second-order valence-electron chi connectivity index (χ2n) is 3.54. The molecule has 0 aliphatic rings. The number of carbonyl (C=O) groups excluding carboxylic acids is 2. The number of hydrogen-bond donors (Lipinski definition) is 0. The fraction of sp³-hybridized carbons (Fsp3) is 0.333. The Morgan fingerprint density at radius 2 is 1.88 bits per heavy atom. The van der Waals surface area contributed by atoms with Gasteiger partial charge in [-0.3, -0.25) is 9.59 Å². The van der Waals surface area contributed by atoms with Crippen molar-refractivity contribution < 1.29 is 9.59 Å². The lowest BCUT2D eigenvalue weighted by Crippen LogP contribution is -2.23. The van der Waals surface area contributed by atoms with E-state index in [9.17, 15) is 9.59 Å². The number of thioether (sulfide) groups is 1. The molecule has 0 heterocycles. The van der Waals surface area contributed by atoms with Gasteiger partial charge >= 0.3 is 0 Å². The molecule has 90 valence electrons. The molecular formula is C12H14N2O2S. The van der Waals surface area contributed by atoms with E-state index in [-0.39, 0.29) is 11.6 Å². The van der Waals surface area contributed by atoms with Crippen molar-refractivity contribution in [2.24, 2.45) is 10.2 Å². The molecule has 0 fully saturated rings. The van der Waals surface area contributed by atoms with Crippen LogP contribution in [0.1, 0.15) is 13.8 Å². The van der Waals surface area contributed by atoms with Crippen LogP contribution in [0.15, 0.2) is 39.4 Å². The quantitative estimate of drug-likeness (QED) is 0.458. The van der Waals surface area contributed by atoms with Crippen molar-refractivity contribution in [3.8, 4) is 0 Å². The molecule has 0 bridgehead atoms. The fourth-order valence-corrected chi connectivity index (χ4v) is 1.70. The van der Waals surface area contributed by atoms with Gasteiger partial charge in [0.2, 0.25) is 0 Å². The minimum atomic E-state index is -0.979. The van der Waals surface area contributed by atoms with Gasteiger partial charge in [-0.05, 0) is 38.3 Å². The molecular weight excluding hydrogens is 236 g/mol. The lowest BCUT2D eigenvalue weighted by Gasteiger charge is -2.02. The van der Waals surface area contributed by atoms with Crippen LogP contribution in [0, 0.1) is 0 Å². The highest BCUT2D eigenvalue weighted by atomic mass is 32.2. The average molecular weight is 250 g/mol. The summed E-state index contributed by atoms with van der Waals surface area (Å²) < 4.78 is 0. The van der Waals surface area contributed by atoms with E-state index in [4.69, 9.17) is 0 Å². The molecule has 1 aromatic carbocycles. The van der Waals surface area contributed by atoms with Crippen LogP contribution >= 0.6 is 11.8 Å². The number of carbonyl (C=O) groups is 2. The van der Waals surface area contributed by atoms with Crippen molar-refractivity contribution >= 4 is 29.0 Å². The van der Waals surface area contributed by atoms with Crippen LogP contribution in [0.25, 0.3) is 0 Å². The predicted molar refractivity (Wildman–Crippen MR) is 67.9 cm³/mol. The lowest BCUT2D eigenvalue weighted by molar-refractivity contribution is -0.126. The maximum atomic E-state index is 11.2. The Hall–Kier alpha value is -1.49. The summed E-state index contributed by atoms with van der Waals surface area (Å²) in [5, 5.41) is 7.71. The molecule has 4 nitrogen and oxygen atoms in total. The van der Waals surface area contributed by atoms with Crippen molar-refractivity contribution in [3.05, 3.63) is 24.3 Å². The van der Waals surface area contributed by atoms with E-state index in [2.05, 4.69) is 10.2 Å². The van der Waals surface area contributed by atoms with E-state index < -0.39 is 6.04 Å². The van der Waals surface area contributed by atoms with Gasteiger partial charge in [0.1, 0.15) is 0 Å². The lowest BCUT2D eigenvalue weighted by atomic mass is 10.1. The standard InChI is InChI=1S/C12H14N2O2S/c1-8(15)12(9(2)16)14-13-10-5-4-6-11(7-10)17-3/h4-7,12H,1-3H3. The first kappa shape index (κ1) is 13.6. The molecule has 0 aliphatic carbocycles. The molecule has 0 unspecified atom stereocenters. The van der Waals surface area contributed by atoms with Gasteiger partial charge < -0.3 is 0 Å². The highest BCUT2D eigenvalue weighted by molar-refractivity contribution is 7.98. The van der Waals surface area contributed by atoms with Crippen LogP contribution in [0.3, 0.4) is 0 Å². The summed E-state index contributed by atoms with van der Waals surface area (Å²) in [4.78, 5) is 23.4. The maximum Gasteiger partial charge on any atom is 0.187 e. The highest BCUT2D eigenvalue weighted by Gasteiger charge is 2.18.